The van der Waals surface area contributed by atoms with Gasteiger partial charge in [0.1, 0.15) is 11.8 Å². The highest BCUT2D eigenvalue weighted by Crippen LogP contribution is 2.21. The van der Waals surface area contributed by atoms with E-state index in [4.69, 9.17) is 15.1 Å². The van der Waals surface area contributed by atoms with Crippen molar-refractivity contribution in [2.75, 3.05) is 24.7 Å². The van der Waals surface area contributed by atoms with Crippen molar-refractivity contribution in [2.45, 2.75) is 6.42 Å². The number of sulfonamides is 1. The molecule has 0 aliphatic carbocycles. The molecule has 0 spiro atoms. The van der Waals surface area contributed by atoms with Gasteiger partial charge in [0.05, 0.1) is 24.1 Å². The van der Waals surface area contributed by atoms with Crippen LogP contribution in [0, 0.1) is 11.3 Å². The quantitative estimate of drug-likeness (QED) is 0.738. The van der Waals surface area contributed by atoms with Crippen LogP contribution in [0.1, 0.15) is 12.0 Å². The first kappa shape index (κ1) is 14.3. The van der Waals surface area contributed by atoms with E-state index in [1.54, 1.807) is 18.2 Å². The molecule has 0 amide bonds. The predicted molar refractivity (Wildman–Crippen MR) is 68.8 cm³/mol. The number of ether oxygens (including phenoxy) is 1. The van der Waals surface area contributed by atoms with Crippen LogP contribution in [0.3, 0.4) is 0 Å². The molecule has 1 aromatic rings. The van der Waals surface area contributed by atoms with Gasteiger partial charge in [-0.05, 0) is 18.6 Å². The van der Waals surface area contributed by atoms with Crippen molar-refractivity contribution in [1.29, 1.82) is 5.26 Å². The summed E-state index contributed by atoms with van der Waals surface area (Å²) in [5, 5.41) is 16.8. The summed E-state index contributed by atoms with van der Waals surface area (Å²) in [7, 11) is -1.90. The Hall–Kier alpha value is -1.78. The fraction of sp³-hybridized carbons (Fsp3) is 0.364. The Kier molecular flexibility index (Phi) is 4.95. The summed E-state index contributed by atoms with van der Waals surface area (Å²) in [4.78, 5) is 0. The molecule has 0 saturated heterocycles. The van der Waals surface area contributed by atoms with Gasteiger partial charge in [-0.1, -0.05) is 0 Å². The summed E-state index contributed by atoms with van der Waals surface area (Å²) in [6, 6.07) is 7.06. The number of nitriles is 1. The molecule has 98 valence electrons. The van der Waals surface area contributed by atoms with Gasteiger partial charge in [-0.3, -0.25) is 0 Å². The Morgan fingerprint density at radius 2 is 2.22 bits per heavy atom. The second kappa shape index (κ2) is 6.23. The molecule has 3 N–H and O–H groups in total. The van der Waals surface area contributed by atoms with Gasteiger partial charge in [0, 0.05) is 12.6 Å². The van der Waals surface area contributed by atoms with Gasteiger partial charge in [0.15, 0.2) is 0 Å². The lowest BCUT2D eigenvalue weighted by atomic mass is 10.2. The minimum atomic E-state index is -3.44. The first-order valence-electron chi connectivity index (χ1n) is 5.29. The first-order chi connectivity index (χ1) is 8.46. The lowest BCUT2D eigenvalue weighted by molar-refractivity contribution is 0.415. The SMILES string of the molecule is COc1ccc(C#N)c(NCCCS(N)(=O)=O)c1. The van der Waals surface area contributed by atoms with Gasteiger partial charge in [0.25, 0.3) is 0 Å². The number of rotatable bonds is 6. The summed E-state index contributed by atoms with van der Waals surface area (Å²) in [6.07, 6.45) is 0.376. The highest BCUT2D eigenvalue weighted by molar-refractivity contribution is 7.89. The van der Waals surface area contributed by atoms with Crippen molar-refractivity contribution in [3.63, 3.8) is 0 Å². The minimum absolute atomic E-state index is 0.0914. The Labute approximate surface area is 106 Å². The number of methoxy groups -OCH3 is 1. The second-order valence-corrected chi connectivity index (χ2v) is 5.40. The number of hydrogen-bond acceptors (Lipinski definition) is 5. The number of benzene rings is 1. The molecule has 0 aliphatic rings. The summed E-state index contributed by atoms with van der Waals surface area (Å²) in [6.45, 7) is 0.415. The Morgan fingerprint density at radius 3 is 2.78 bits per heavy atom. The molecule has 0 unspecified atom stereocenters. The molecule has 0 aromatic heterocycles. The van der Waals surface area contributed by atoms with E-state index in [1.807, 2.05) is 6.07 Å². The molecule has 0 heterocycles. The number of primary sulfonamides is 1. The average molecular weight is 269 g/mol. The number of nitrogens with one attached hydrogen (secondary N) is 1. The molecule has 0 saturated carbocycles. The van der Waals surface area contributed by atoms with Crippen LogP contribution in [-0.4, -0.2) is 27.8 Å². The van der Waals surface area contributed by atoms with Crippen LogP contribution in [-0.2, 0) is 10.0 Å². The Bertz CT molecular complexity index is 549. The molecule has 0 bridgehead atoms. The molecule has 7 heteroatoms. The van der Waals surface area contributed by atoms with Crippen molar-refractivity contribution in [2.24, 2.45) is 5.14 Å². The van der Waals surface area contributed by atoms with Gasteiger partial charge < -0.3 is 10.1 Å². The topological polar surface area (TPSA) is 105 Å². The zero-order chi connectivity index (χ0) is 13.6. The van der Waals surface area contributed by atoms with Crippen LogP contribution in [0.5, 0.6) is 5.75 Å². The van der Waals surface area contributed by atoms with Crippen molar-refractivity contribution < 1.29 is 13.2 Å². The molecule has 6 nitrogen and oxygen atoms in total. The van der Waals surface area contributed by atoms with E-state index in [1.165, 1.54) is 7.11 Å². The van der Waals surface area contributed by atoms with E-state index in [2.05, 4.69) is 5.32 Å². The third-order valence-corrected chi connectivity index (χ3v) is 3.13. The van der Waals surface area contributed by atoms with Gasteiger partial charge in [-0.25, -0.2) is 13.6 Å². The van der Waals surface area contributed by atoms with Gasteiger partial charge >= 0.3 is 0 Å². The van der Waals surface area contributed by atoms with Crippen molar-refractivity contribution in [3.8, 4) is 11.8 Å². The molecule has 18 heavy (non-hydrogen) atoms. The van der Waals surface area contributed by atoms with Crippen molar-refractivity contribution in [1.82, 2.24) is 0 Å². The van der Waals surface area contributed by atoms with Crippen LogP contribution in [0.2, 0.25) is 0 Å². The highest BCUT2D eigenvalue weighted by Gasteiger charge is 2.05. The molecular formula is C11H15N3O3S. The minimum Gasteiger partial charge on any atom is -0.497 e. The van der Waals surface area contributed by atoms with Gasteiger partial charge in [-0.15, -0.1) is 0 Å². The second-order valence-electron chi connectivity index (χ2n) is 3.67. The number of nitrogens with zero attached hydrogens (tertiary/aromatic N) is 1. The maximum Gasteiger partial charge on any atom is 0.209 e. The zero-order valence-electron chi connectivity index (χ0n) is 10.0. The number of hydrogen-bond donors (Lipinski definition) is 2. The molecule has 1 rings (SSSR count). The van der Waals surface area contributed by atoms with Crippen LogP contribution in [0.4, 0.5) is 5.69 Å². The normalized spacial score (nSPS) is 10.7. The molecule has 0 atom stereocenters. The molecule has 0 radical (unpaired) electrons. The maximum atomic E-state index is 10.7. The standard InChI is InChI=1S/C11H15N3O3S/c1-17-10-4-3-9(8-12)11(7-10)14-5-2-6-18(13,15)16/h3-4,7,14H,2,5-6H2,1H3,(H2,13,15,16). The summed E-state index contributed by atoms with van der Waals surface area (Å²) in [5.41, 5.74) is 1.10. The third kappa shape index (κ3) is 4.61. The van der Waals surface area contributed by atoms with E-state index in [0.29, 0.717) is 30.0 Å². The van der Waals surface area contributed by atoms with E-state index >= 15 is 0 Å². The zero-order valence-corrected chi connectivity index (χ0v) is 10.8. The first-order valence-corrected chi connectivity index (χ1v) is 7.00. The molecular weight excluding hydrogens is 254 g/mol. The lowest BCUT2D eigenvalue weighted by Gasteiger charge is -2.09. The number of anilines is 1. The fourth-order valence-electron chi connectivity index (χ4n) is 1.39. The Balaban J connectivity index is 2.63. The van der Waals surface area contributed by atoms with Crippen LogP contribution >= 0.6 is 0 Å². The fourth-order valence-corrected chi connectivity index (χ4v) is 1.94. The van der Waals surface area contributed by atoms with E-state index in [0.717, 1.165) is 0 Å². The maximum absolute atomic E-state index is 10.7. The van der Waals surface area contributed by atoms with Gasteiger partial charge in [-0.2, -0.15) is 5.26 Å². The van der Waals surface area contributed by atoms with Crippen molar-refractivity contribution in [3.05, 3.63) is 23.8 Å². The largest absolute Gasteiger partial charge is 0.497 e. The monoisotopic (exact) mass is 269 g/mol. The Morgan fingerprint density at radius 1 is 1.50 bits per heavy atom. The number of nitrogens with two attached hydrogens (primary N) is 1. The van der Waals surface area contributed by atoms with E-state index in [9.17, 15) is 8.42 Å². The van der Waals surface area contributed by atoms with Crippen LogP contribution < -0.4 is 15.2 Å². The molecule has 0 fully saturated rings. The van der Waals surface area contributed by atoms with Crippen LogP contribution in [0.25, 0.3) is 0 Å². The molecule has 1 aromatic carbocycles. The van der Waals surface area contributed by atoms with E-state index < -0.39 is 10.0 Å². The third-order valence-electron chi connectivity index (χ3n) is 2.27. The van der Waals surface area contributed by atoms with Crippen molar-refractivity contribution >= 4 is 15.7 Å². The van der Waals surface area contributed by atoms with E-state index in [-0.39, 0.29) is 5.75 Å². The summed E-state index contributed by atoms with van der Waals surface area (Å²) >= 11 is 0. The lowest BCUT2D eigenvalue weighted by Crippen LogP contribution is -2.18. The summed E-state index contributed by atoms with van der Waals surface area (Å²) in [5.74, 6) is 0.536. The molecule has 0 aliphatic heterocycles. The average Bonchev–Trinajstić information content (AvgIpc) is 2.33. The smallest absolute Gasteiger partial charge is 0.209 e. The van der Waals surface area contributed by atoms with Gasteiger partial charge in [0.2, 0.25) is 10.0 Å². The van der Waals surface area contributed by atoms with Crippen LogP contribution in [0.15, 0.2) is 18.2 Å². The summed E-state index contributed by atoms with van der Waals surface area (Å²) < 4.78 is 26.5. The predicted octanol–water partition coefficient (Wildman–Crippen LogP) is 0.657. The highest BCUT2D eigenvalue weighted by atomic mass is 32.2.